The van der Waals surface area contributed by atoms with Gasteiger partial charge in [-0.1, -0.05) is 65.0 Å². The van der Waals surface area contributed by atoms with Crippen molar-refractivity contribution in [2.24, 2.45) is 11.3 Å². The van der Waals surface area contributed by atoms with Crippen molar-refractivity contribution in [3.8, 4) is 0 Å². The molecule has 0 bridgehead atoms. The summed E-state index contributed by atoms with van der Waals surface area (Å²) in [6.45, 7) is 11.2. The van der Waals surface area contributed by atoms with Crippen LogP contribution in [-0.2, 0) is 22.7 Å². The van der Waals surface area contributed by atoms with Gasteiger partial charge in [-0.05, 0) is 23.6 Å². The Kier molecular flexibility index (Phi) is 7.44. The molecule has 0 radical (unpaired) electrons. The van der Waals surface area contributed by atoms with Gasteiger partial charge in [0.1, 0.15) is 5.76 Å². The van der Waals surface area contributed by atoms with Crippen LogP contribution in [0.2, 0.25) is 0 Å². The molecule has 2 aromatic rings. The van der Waals surface area contributed by atoms with Gasteiger partial charge in [0.25, 0.3) is 0 Å². The zero-order valence-corrected chi connectivity index (χ0v) is 17.6. The number of furan rings is 1. The van der Waals surface area contributed by atoms with Crippen LogP contribution < -0.4 is 0 Å². The quantitative estimate of drug-likeness (QED) is 0.680. The molecule has 0 fully saturated rings. The lowest BCUT2D eigenvalue weighted by atomic mass is 9.94. The third-order valence-corrected chi connectivity index (χ3v) is 4.34. The number of hydrogen-bond acceptors (Lipinski definition) is 3. The van der Waals surface area contributed by atoms with Crippen LogP contribution in [0.5, 0.6) is 0 Å². The molecule has 0 aliphatic rings. The van der Waals surface area contributed by atoms with E-state index in [1.165, 1.54) is 0 Å². The molecule has 0 aliphatic carbocycles. The molecular formula is C23H32N2O3. The van der Waals surface area contributed by atoms with Gasteiger partial charge < -0.3 is 14.2 Å². The molecule has 1 heterocycles. The molecule has 1 aromatic heterocycles. The Hall–Kier alpha value is -2.56. The Balaban J connectivity index is 2.19. The van der Waals surface area contributed by atoms with Crippen LogP contribution in [0.1, 0.15) is 45.9 Å². The van der Waals surface area contributed by atoms with E-state index >= 15 is 0 Å². The van der Waals surface area contributed by atoms with Crippen LogP contribution in [0.25, 0.3) is 0 Å². The van der Waals surface area contributed by atoms with Gasteiger partial charge in [0, 0.05) is 18.5 Å². The highest BCUT2D eigenvalue weighted by Gasteiger charge is 2.30. The Bertz CT molecular complexity index is 746. The van der Waals surface area contributed by atoms with Gasteiger partial charge in [-0.25, -0.2) is 0 Å². The van der Waals surface area contributed by atoms with Gasteiger partial charge in [0.2, 0.25) is 11.8 Å². The van der Waals surface area contributed by atoms with Crippen LogP contribution in [0, 0.1) is 11.3 Å². The zero-order chi connectivity index (χ0) is 20.7. The Morgan fingerprint density at radius 2 is 1.64 bits per heavy atom. The lowest BCUT2D eigenvalue weighted by Crippen LogP contribution is -2.47. The molecule has 1 aromatic carbocycles. The fourth-order valence-electron chi connectivity index (χ4n) is 3.02. The molecule has 152 valence electrons. The first-order valence-corrected chi connectivity index (χ1v) is 9.80. The molecule has 0 saturated carbocycles. The summed E-state index contributed by atoms with van der Waals surface area (Å²) in [5, 5.41) is 0. The van der Waals surface area contributed by atoms with Crippen molar-refractivity contribution in [1.29, 1.82) is 0 Å². The summed E-state index contributed by atoms with van der Waals surface area (Å²) in [4.78, 5) is 29.5. The van der Waals surface area contributed by atoms with Crippen molar-refractivity contribution in [1.82, 2.24) is 9.80 Å². The number of carbonyl (C=O) groups is 2. The molecule has 28 heavy (non-hydrogen) atoms. The highest BCUT2D eigenvalue weighted by Crippen LogP contribution is 2.19. The predicted molar refractivity (Wildman–Crippen MR) is 110 cm³/mol. The van der Waals surface area contributed by atoms with E-state index in [0.29, 0.717) is 19.6 Å². The van der Waals surface area contributed by atoms with E-state index < -0.39 is 5.41 Å². The van der Waals surface area contributed by atoms with Crippen molar-refractivity contribution >= 4 is 11.8 Å². The van der Waals surface area contributed by atoms with Gasteiger partial charge in [-0.15, -0.1) is 0 Å². The second-order valence-electron chi connectivity index (χ2n) is 8.64. The monoisotopic (exact) mass is 384 g/mol. The van der Waals surface area contributed by atoms with Crippen molar-refractivity contribution in [2.75, 3.05) is 13.1 Å². The van der Waals surface area contributed by atoms with E-state index in [1.54, 1.807) is 16.1 Å². The zero-order valence-electron chi connectivity index (χ0n) is 17.6. The summed E-state index contributed by atoms with van der Waals surface area (Å²) >= 11 is 0. The first-order chi connectivity index (χ1) is 13.2. The van der Waals surface area contributed by atoms with Crippen LogP contribution >= 0.6 is 0 Å². The highest BCUT2D eigenvalue weighted by atomic mass is 16.3. The van der Waals surface area contributed by atoms with Crippen molar-refractivity contribution in [2.45, 2.75) is 47.7 Å². The Morgan fingerprint density at radius 1 is 0.964 bits per heavy atom. The normalized spacial score (nSPS) is 11.5. The summed E-state index contributed by atoms with van der Waals surface area (Å²) in [6.07, 6.45) is 1.61. The molecule has 5 heteroatoms. The number of benzene rings is 1. The van der Waals surface area contributed by atoms with Crippen molar-refractivity contribution < 1.29 is 14.0 Å². The standard InChI is InChI=1S/C23H32N2O3/c1-18(2)14-25(22(27)23(3,4)5)17-21(26)24(16-20-12-9-13-28-20)15-19-10-7-6-8-11-19/h6-13,18H,14-17H2,1-5H3. The van der Waals surface area contributed by atoms with E-state index in [2.05, 4.69) is 13.8 Å². The number of nitrogens with zero attached hydrogens (tertiary/aromatic N) is 2. The maximum atomic E-state index is 13.2. The molecule has 0 unspecified atom stereocenters. The van der Waals surface area contributed by atoms with Gasteiger partial charge in [0.15, 0.2) is 0 Å². The molecule has 0 saturated heterocycles. The van der Waals surface area contributed by atoms with Crippen LogP contribution in [0.4, 0.5) is 0 Å². The molecule has 0 N–H and O–H groups in total. The van der Waals surface area contributed by atoms with E-state index in [-0.39, 0.29) is 24.3 Å². The van der Waals surface area contributed by atoms with Crippen LogP contribution in [0.15, 0.2) is 53.1 Å². The molecule has 0 aliphatic heterocycles. The van der Waals surface area contributed by atoms with E-state index in [0.717, 1.165) is 11.3 Å². The van der Waals surface area contributed by atoms with E-state index in [1.807, 2.05) is 63.2 Å². The average molecular weight is 385 g/mol. The number of rotatable bonds is 8. The summed E-state index contributed by atoms with van der Waals surface area (Å²) in [5.74, 6) is 0.916. The second kappa shape index (κ2) is 9.58. The maximum absolute atomic E-state index is 13.2. The lowest BCUT2D eigenvalue weighted by Gasteiger charge is -2.32. The van der Waals surface area contributed by atoms with Crippen molar-refractivity contribution in [3.05, 3.63) is 60.1 Å². The maximum Gasteiger partial charge on any atom is 0.242 e. The first kappa shape index (κ1) is 21.7. The third kappa shape index (κ3) is 6.55. The minimum atomic E-state index is -0.527. The number of carbonyl (C=O) groups excluding carboxylic acids is 2. The topological polar surface area (TPSA) is 53.8 Å². The summed E-state index contributed by atoms with van der Waals surface area (Å²) in [7, 11) is 0. The molecule has 2 amide bonds. The van der Waals surface area contributed by atoms with Gasteiger partial charge in [-0.2, -0.15) is 0 Å². The van der Waals surface area contributed by atoms with E-state index in [4.69, 9.17) is 4.42 Å². The van der Waals surface area contributed by atoms with Crippen LogP contribution in [-0.4, -0.2) is 34.7 Å². The summed E-state index contributed by atoms with van der Waals surface area (Å²) in [6, 6.07) is 13.5. The lowest BCUT2D eigenvalue weighted by molar-refractivity contribution is -0.146. The third-order valence-electron chi connectivity index (χ3n) is 4.34. The number of hydrogen-bond donors (Lipinski definition) is 0. The summed E-state index contributed by atoms with van der Waals surface area (Å²) < 4.78 is 5.45. The molecule has 5 nitrogen and oxygen atoms in total. The minimum absolute atomic E-state index is 0.00721. The van der Waals surface area contributed by atoms with Crippen LogP contribution in [0.3, 0.4) is 0 Å². The molecule has 2 rings (SSSR count). The SMILES string of the molecule is CC(C)CN(CC(=O)N(Cc1ccccc1)Cc1ccco1)C(=O)C(C)(C)C. The molecule has 0 atom stereocenters. The average Bonchev–Trinajstić information content (AvgIpc) is 3.12. The predicted octanol–water partition coefficient (Wildman–Crippen LogP) is 4.34. The Morgan fingerprint density at radius 3 is 2.18 bits per heavy atom. The van der Waals surface area contributed by atoms with Gasteiger partial charge in [0.05, 0.1) is 19.4 Å². The van der Waals surface area contributed by atoms with Crippen molar-refractivity contribution in [3.63, 3.8) is 0 Å². The first-order valence-electron chi connectivity index (χ1n) is 9.80. The molecule has 0 spiro atoms. The fourth-order valence-corrected chi connectivity index (χ4v) is 3.02. The fraction of sp³-hybridized carbons (Fsp3) is 0.478. The molecular weight excluding hydrogens is 352 g/mol. The minimum Gasteiger partial charge on any atom is -0.467 e. The Labute approximate surface area is 168 Å². The van der Waals surface area contributed by atoms with Gasteiger partial charge in [-0.3, -0.25) is 9.59 Å². The second-order valence-corrected chi connectivity index (χ2v) is 8.64. The summed E-state index contributed by atoms with van der Waals surface area (Å²) in [5.41, 5.74) is 0.514. The number of amides is 2. The van der Waals surface area contributed by atoms with E-state index in [9.17, 15) is 9.59 Å². The largest absolute Gasteiger partial charge is 0.467 e. The highest BCUT2D eigenvalue weighted by molar-refractivity contribution is 5.87. The van der Waals surface area contributed by atoms with Gasteiger partial charge >= 0.3 is 0 Å². The smallest absolute Gasteiger partial charge is 0.242 e.